The number of hydrogen-bond donors (Lipinski definition) is 1. The fourth-order valence-electron chi connectivity index (χ4n) is 1.80. The number of benzene rings is 1. The first kappa shape index (κ1) is 15.4. The molecule has 0 aliphatic carbocycles. The lowest BCUT2D eigenvalue weighted by molar-refractivity contribution is 0.585. The van der Waals surface area contributed by atoms with Crippen molar-refractivity contribution in [3.05, 3.63) is 46.0 Å². The Hall–Kier alpha value is -0.940. The molecule has 1 N–H and O–H groups in total. The van der Waals surface area contributed by atoms with Gasteiger partial charge in [0.05, 0.1) is 17.6 Å². The van der Waals surface area contributed by atoms with E-state index in [4.69, 9.17) is 0 Å². The quantitative estimate of drug-likeness (QED) is 0.614. The Morgan fingerprint density at radius 3 is 2.75 bits per heavy atom. The monoisotopic (exact) mass is 404 g/mol. The second-order valence-electron chi connectivity index (χ2n) is 4.56. The van der Waals surface area contributed by atoms with E-state index >= 15 is 0 Å². The van der Waals surface area contributed by atoms with Gasteiger partial charge in [0.25, 0.3) is 0 Å². The van der Waals surface area contributed by atoms with E-state index in [2.05, 4.69) is 32.9 Å². The first-order chi connectivity index (χ1) is 9.44. The zero-order valence-corrected chi connectivity index (χ0v) is 14.3. The van der Waals surface area contributed by atoms with Crippen LogP contribution in [0.4, 0.5) is 15.8 Å². The maximum atomic E-state index is 13.9. The Kier molecular flexibility index (Phi) is 4.81. The lowest BCUT2D eigenvalue weighted by Crippen LogP contribution is -2.12. The predicted octanol–water partition coefficient (Wildman–Crippen LogP) is 4.21. The van der Waals surface area contributed by atoms with Gasteiger partial charge in [-0.1, -0.05) is 6.92 Å². The Morgan fingerprint density at radius 2 is 2.10 bits per heavy atom. The third-order valence-electron chi connectivity index (χ3n) is 3.11. The van der Waals surface area contributed by atoms with Gasteiger partial charge >= 0.3 is 0 Å². The van der Waals surface area contributed by atoms with Crippen molar-refractivity contribution in [1.29, 1.82) is 0 Å². The van der Waals surface area contributed by atoms with Gasteiger partial charge in [0, 0.05) is 21.2 Å². The molecule has 0 bridgehead atoms. The van der Waals surface area contributed by atoms with Crippen LogP contribution in [0.1, 0.15) is 6.92 Å². The van der Waals surface area contributed by atoms with Gasteiger partial charge in [-0.15, -0.1) is 0 Å². The average molecular weight is 404 g/mol. The van der Waals surface area contributed by atoms with E-state index in [1.165, 1.54) is 6.07 Å². The summed E-state index contributed by atoms with van der Waals surface area (Å²) in [7, 11) is -2.45. The van der Waals surface area contributed by atoms with Gasteiger partial charge in [-0.3, -0.25) is 4.98 Å². The molecule has 0 saturated heterocycles. The van der Waals surface area contributed by atoms with Gasteiger partial charge < -0.3 is 9.88 Å². The fraction of sp³-hybridized carbons (Fsp3) is 0.214. The molecule has 1 heterocycles. The molecule has 2 rings (SSSR count). The zero-order valence-electron chi connectivity index (χ0n) is 11.2. The summed E-state index contributed by atoms with van der Waals surface area (Å²) in [5.41, 5.74) is 0.955. The molecule has 0 unspecified atom stereocenters. The van der Waals surface area contributed by atoms with Crippen molar-refractivity contribution >= 4 is 46.4 Å². The molecule has 106 valence electrons. The maximum absolute atomic E-state index is 13.9. The predicted molar refractivity (Wildman–Crippen MR) is 90.3 cm³/mol. The van der Waals surface area contributed by atoms with Crippen LogP contribution >= 0.6 is 29.7 Å². The Labute approximate surface area is 131 Å². The van der Waals surface area contributed by atoms with Gasteiger partial charge in [0.1, 0.15) is 13.0 Å². The molecule has 20 heavy (non-hydrogen) atoms. The van der Waals surface area contributed by atoms with Crippen molar-refractivity contribution in [2.45, 2.75) is 6.92 Å². The largest absolute Gasteiger partial charge is 0.351 e. The number of pyridine rings is 1. The average Bonchev–Trinajstić information content (AvgIpc) is 2.42. The van der Waals surface area contributed by atoms with E-state index < -0.39 is 7.14 Å². The minimum Gasteiger partial charge on any atom is -0.351 e. The summed E-state index contributed by atoms with van der Waals surface area (Å²) >= 11 is 2.05. The van der Waals surface area contributed by atoms with Crippen molar-refractivity contribution < 1.29 is 8.96 Å². The van der Waals surface area contributed by atoms with E-state index in [0.29, 0.717) is 22.8 Å². The second kappa shape index (κ2) is 6.22. The number of aromatic nitrogens is 1. The van der Waals surface area contributed by atoms with Crippen molar-refractivity contribution in [3.63, 3.8) is 0 Å². The molecule has 0 amide bonds. The molecule has 0 spiro atoms. The van der Waals surface area contributed by atoms with Crippen LogP contribution in [0.3, 0.4) is 0 Å². The molecule has 1 aromatic carbocycles. The molecule has 0 fully saturated rings. The van der Waals surface area contributed by atoms with Gasteiger partial charge in [-0.2, -0.15) is 0 Å². The summed E-state index contributed by atoms with van der Waals surface area (Å²) in [6.07, 6.45) is 3.75. The van der Waals surface area contributed by atoms with Crippen molar-refractivity contribution in [2.75, 3.05) is 18.1 Å². The standard InChI is InChI=1S/C14H15FIN2OP/c1-3-20(2,19)14-6-7-17-9-13(14)18-12-5-4-10(16)8-11(12)15/h4-9,18H,3H2,1-2H3/t20-/m1/s1. The van der Waals surface area contributed by atoms with Gasteiger partial charge in [-0.05, 0) is 53.5 Å². The molecule has 3 nitrogen and oxygen atoms in total. The van der Waals surface area contributed by atoms with Crippen LogP contribution in [0.15, 0.2) is 36.7 Å². The molecule has 6 heteroatoms. The lowest BCUT2D eigenvalue weighted by atomic mass is 10.3. The normalized spacial score (nSPS) is 13.8. The fourth-order valence-corrected chi connectivity index (χ4v) is 3.60. The molecular weight excluding hydrogens is 389 g/mol. The summed E-state index contributed by atoms with van der Waals surface area (Å²) in [5, 5.41) is 3.70. The highest BCUT2D eigenvalue weighted by Gasteiger charge is 2.20. The van der Waals surface area contributed by atoms with E-state index in [9.17, 15) is 8.96 Å². The third-order valence-corrected chi connectivity index (χ3v) is 6.40. The van der Waals surface area contributed by atoms with Crippen molar-refractivity contribution in [3.8, 4) is 0 Å². The van der Waals surface area contributed by atoms with E-state index in [0.717, 1.165) is 3.57 Å². The second-order valence-corrected chi connectivity index (χ2v) is 9.12. The number of nitrogens with one attached hydrogen (secondary N) is 1. The van der Waals surface area contributed by atoms with Crippen LogP contribution in [0.5, 0.6) is 0 Å². The minimum absolute atomic E-state index is 0.339. The van der Waals surface area contributed by atoms with Crippen LogP contribution in [0.25, 0.3) is 0 Å². The SMILES string of the molecule is CC[P@@](C)(=O)c1ccncc1Nc1ccc(I)cc1F. The zero-order chi connectivity index (χ0) is 14.8. The summed E-state index contributed by atoms with van der Waals surface area (Å²) < 4.78 is 27.3. The Morgan fingerprint density at radius 1 is 1.35 bits per heavy atom. The van der Waals surface area contributed by atoms with Crippen LogP contribution in [0.2, 0.25) is 0 Å². The first-order valence-electron chi connectivity index (χ1n) is 6.17. The highest BCUT2D eigenvalue weighted by atomic mass is 127. The van der Waals surface area contributed by atoms with Crippen LogP contribution < -0.4 is 10.6 Å². The Bertz CT molecular complexity index is 678. The van der Waals surface area contributed by atoms with Crippen LogP contribution in [-0.4, -0.2) is 17.8 Å². The summed E-state index contributed by atoms with van der Waals surface area (Å²) in [6, 6.07) is 6.66. The minimum atomic E-state index is -2.45. The smallest absolute Gasteiger partial charge is 0.147 e. The van der Waals surface area contributed by atoms with E-state index in [1.807, 2.05) is 13.0 Å². The van der Waals surface area contributed by atoms with Crippen molar-refractivity contribution in [1.82, 2.24) is 4.98 Å². The summed E-state index contributed by atoms with van der Waals surface area (Å²) in [5.74, 6) is -0.339. The lowest BCUT2D eigenvalue weighted by Gasteiger charge is -2.17. The van der Waals surface area contributed by atoms with Crippen LogP contribution in [-0.2, 0) is 4.57 Å². The molecule has 2 aromatic rings. The molecular formula is C14H15FIN2OP. The molecule has 1 atom stereocenters. The third kappa shape index (κ3) is 3.38. The van der Waals surface area contributed by atoms with E-state index in [1.54, 1.807) is 31.2 Å². The van der Waals surface area contributed by atoms with Crippen LogP contribution in [0, 0.1) is 9.39 Å². The molecule has 0 aliphatic rings. The summed E-state index contributed by atoms with van der Waals surface area (Å²) in [6.45, 7) is 3.62. The topological polar surface area (TPSA) is 42.0 Å². The summed E-state index contributed by atoms with van der Waals surface area (Å²) in [4.78, 5) is 4.03. The van der Waals surface area contributed by atoms with E-state index in [-0.39, 0.29) is 5.82 Å². The number of hydrogen-bond acceptors (Lipinski definition) is 3. The van der Waals surface area contributed by atoms with Gasteiger partial charge in [0.2, 0.25) is 0 Å². The molecule has 1 aromatic heterocycles. The van der Waals surface area contributed by atoms with Gasteiger partial charge in [0.15, 0.2) is 0 Å². The van der Waals surface area contributed by atoms with Crippen molar-refractivity contribution in [2.24, 2.45) is 0 Å². The first-order valence-corrected chi connectivity index (χ1v) is 9.59. The number of rotatable bonds is 4. The van der Waals surface area contributed by atoms with Gasteiger partial charge in [-0.25, -0.2) is 4.39 Å². The highest BCUT2D eigenvalue weighted by Crippen LogP contribution is 2.41. The number of nitrogens with zero attached hydrogens (tertiary/aromatic N) is 1. The molecule has 0 aliphatic heterocycles. The Balaban J connectivity index is 2.42. The highest BCUT2D eigenvalue weighted by molar-refractivity contribution is 14.1. The molecule has 0 radical (unpaired) electrons. The maximum Gasteiger partial charge on any atom is 0.147 e. The number of halogens is 2. The molecule has 0 saturated carbocycles. The number of anilines is 2.